The number of amides is 4. The molecule has 1 aliphatic rings. The summed E-state index contributed by atoms with van der Waals surface area (Å²) in [4.78, 5) is 26.2. The molecule has 9 heteroatoms. The van der Waals surface area contributed by atoms with Crippen molar-refractivity contribution < 1.29 is 19.1 Å². The molecule has 1 aliphatic heterocycles. The molecule has 3 rings (SSSR count). The van der Waals surface area contributed by atoms with Crippen molar-refractivity contribution in [1.29, 1.82) is 0 Å². The Morgan fingerprint density at radius 3 is 2.67 bits per heavy atom. The van der Waals surface area contributed by atoms with Crippen molar-refractivity contribution in [3.8, 4) is 11.5 Å². The van der Waals surface area contributed by atoms with E-state index in [1.165, 1.54) is 0 Å². The molecule has 2 aromatic carbocycles. The fraction of sp³-hybridized carbons (Fsp3) is 0.333. The minimum absolute atomic E-state index is 0.170. The van der Waals surface area contributed by atoms with Gasteiger partial charge in [0.05, 0.1) is 5.69 Å². The number of unbranched alkanes of at least 4 members (excludes halogenated alkanes) is 1. The van der Waals surface area contributed by atoms with Crippen molar-refractivity contribution in [1.82, 2.24) is 10.6 Å². The summed E-state index contributed by atoms with van der Waals surface area (Å²) in [5, 5.41) is 8.47. The predicted molar refractivity (Wildman–Crippen MR) is 119 cm³/mol. The van der Waals surface area contributed by atoms with E-state index >= 15 is 0 Å². The third kappa shape index (κ3) is 5.79. The number of fused-ring (bicyclic) bond motifs is 1. The Labute approximate surface area is 184 Å². The number of urea groups is 2. The Bertz CT molecular complexity index is 893. The highest BCUT2D eigenvalue weighted by Crippen LogP contribution is 2.35. The van der Waals surface area contributed by atoms with Crippen molar-refractivity contribution in [2.24, 2.45) is 0 Å². The number of benzene rings is 2. The SMILES string of the molecule is CCNC(=O)N(CCCCNC(=O)Nc1ccccc1Br)c1ccc2c(c1)OCO2. The first kappa shape index (κ1) is 21.8. The van der Waals surface area contributed by atoms with Gasteiger partial charge in [0.25, 0.3) is 0 Å². The van der Waals surface area contributed by atoms with Crippen LogP contribution >= 0.6 is 15.9 Å². The van der Waals surface area contributed by atoms with Gasteiger partial charge >= 0.3 is 12.1 Å². The van der Waals surface area contributed by atoms with Gasteiger partial charge in [-0.05, 0) is 60.0 Å². The highest BCUT2D eigenvalue weighted by molar-refractivity contribution is 9.10. The van der Waals surface area contributed by atoms with Crippen LogP contribution in [-0.2, 0) is 0 Å². The highest BCUT2D eigenvalue weighted by atomic mass is 79.9. The number of hydrogen-bond acceptors (Lipinski definition) is 4. The summed E-state index contributed by atoms with van der Waals surface area (Å²) in [7, 11) is 0. The number of nitrogens with zero attached hydrogens (tertiary/aromatic N) is 1. The van der Waals surface area contributed by atoms with Crippen LogP contribution in [0.25, 0.3) is 0 Å². The minimum Gasteiger partial charge on any atom is -0.454 e. The molecule has 2 aromatic rings. The second-order valence-electron chi connectivity index (χ2n) is 6.59. The van der Waals surface area contributed by atoms with E-state index in [2.05, 4.69) is 31.9 Å². The second kappa shape index (κ2) is 10.7. The first-order chi connectivity index (χ1) is 14.6. The largest absolute Gasteiger partial charge is 0.454 e. The Balaban J connectivity index is 1.48. The number of halogens is 1. The lowest BCUT2D eigenvalue weighted by atomic mass is 10.2. The van der Waals surface area contributed by atoms with Crippen LogP contribution in [0, 0.1) is 0 Å². The summed E-state index contributed by atoms with van der Waals surface area (Å²) >= 11 is 3.40. The van der Waals surface area contributed by atoms with Crippen LogP contribution in [0.1, 0.15) is 19.8 Å². The third-order valence-electron chi connectivity index (χ3n) is 4.46. The van der Waals surface area contributed by atoms with E-state index in [-0.39, 0.29) is 18.9 Å². The monoisotopic (exact) mass is 476 g/mol. The van der Waals surface area contributed by atoms with Crippen LogP contribution in [0.4, 0.5) is 21.0 Å². The molecule has 160 valence electrons. The molecule has 0 radical (unpaired) electrons. The van der Waals surface area contributed by atoms with Gasteiger partial charge in [0.15, 0.2) is 11.5 Å². The van der Waals surface area contributed by atoms with E-state index in [1.54, 1.807) is 17.0 Å². The predicted octanol–water partition coefficient (Wildman–Crippen LogP) is 4.32. The van der Waals surface area contributed by atoms with Crippen LogP contribution in [-0.4, -0.2) is 38.5 Å². The molecule has 0 bridgehead atoms. The van der Waals surface area contributed by atoms with E-state index in [1.807, 2.05) is 37.3 Å². The first-order valence-electron chi connectivity index (χ1n) is 9.83. The topological polar surface area (TPSA) is 91.9 Å². The second-order valence-corrected chi connectivity index (χ2v) is 7.45. The van der Waals surface area contributed by atoms with Crippen molar-refractivity contribution >= 4 is 39.4 Å². The molecule has 0 fully saturated rings. The smallest absolute Gasteiger partial charge is 0.321 e. The van der Waals surface area contributed by atoms with E-state index in [4.69, 9.17) is 9.47 Å². The standard InChI is InChI=1S/C21H25BrN4O4/c1-2-23-21(28)26(15-9-10-18-19(13-15)30-14-29-18)12-6-5-11-24-20(27)25-17-8-4-3-7-16(17)22/h3-4,7-10,13H,2,5-6,11-12,14H2,1H3,(H,23,28)(H2,24,25,27). The number of anilines is 2. The van der Waals surface area contributed by atoms with Gasteiger partial charge in [-0.25, -0.2) is 9.59 Å². The maximum atomic E-state index is 12.5. The van der Waals surface area contributed by atoms with Gasteiger partial charge in [0, 0.05) is 35.9 Å². The summed E-state index contributed by atoms with van der Waals surface area (Å²) in [5.74, 6) is 1.31. The van der Waals surface area contributed by atoms with Gasteiger partial charge in [0.1, 0.15) is 0 Å². The van der Waals surface area contributed by atoms with Gasteiger partial charge in [-0.15, -0.1) is 0 Å². The summed E-state index contributed by atoms with van der Waals surface area (Å²) < 4.78 is 11.6. The zero-order valence-electron chi connectivity index (χ0n) is 16.7. The fourth-order valence-electron chi connectivity index (χ4n) is 2.97. The molecule has 8 nitrogen and oxygen atoms in total. The van der Waals surface area contributed by atoms with Gasteiger partial charge in [-0.1, -0.05) is 12.1 Å². The fourth-order valence-corrected chi connectivity index (χ4v) is 3.36. The van der Waals surface area contributed by atoms with Crippen molar-refractivity contribution in [3.05, 3.63) is 46.9 Å². The van der Waals surface area contributed by atoms with Crippen molar-refractivity contribution in [3.63, 3.8) is 0 Å². The number of ether oxygens (including phenoxy) is 2. The van der Waals surface area contributed by atoms with Crippen LogP contribution < -0.4 is 30.3 Å². The number of carbonyl (C=O) groups is 2. The number of para-hydroxylation sites is 1. The molecule has 0 aliphatic carbocycles. The van der Waals surface area contributed by atoms with E-state index < -0.39 is 0 Å². The number of nitrogens with one attached hydrogen (secondary N) is 3. The molecule has 0 atom stereocenters. The molecular weight excluding hydrogens is 452 g/mol. The molecule has 0 unspecified atom stereocenters. The zero-order chi connectivity index (χ0) is 21.3. The third-order valence-corrected chi connectivity index (χ3v) is 5.15. The lowest BCUT2D eigenvalue weighted by molar-refractivity contribution is 0.174. The molecule has 0 spiro atoms. The Kier molecular flexibility index (Phi) is 7.78. The quantitative estimate of drug-likeness (QED) is 0.494. The molecular formula is C21H25BrN4O4. The van der Waals surface area contributed by atoms with Gasteiger partial charge in [-0.2, -0.15) is 0 Å². The molecule has 30 heavy (non-hydrogen) atoms. The van der Waals surface area contributed by atoms with Crippen LogP contribution in [0.3, 0.4) is 0 Å². The van der Waals surface area contributed by atoms with Crippen molar-refractivity contribution in [2.45, 2.75) is 19.8 Å². The average Bonchev–Trinajstić information content (AvgIpc) is 3.20. The first-order valence-corrected chi connectivity index (χ1v) is 10.6. The number of carbonyl (C=O) groups excluding carboxylic acids is 2. The molecule has 0 aromatic heterocycles. The summed E-state index contributed by atoms with van der Waals surface area (Å²) in [6, 6.07) is 12.4. The minimum atomic E-state index is -0.266. The van der Waals surface area contributed by atoms with Crippen LogP contribution in [0.2, 0.25) is 0 Å². The Morgan fingerprint density at radius 2 is 1.87 bits per heavy atom. The number of hydrogen-bond donors (Lipinski definition) is 3. The van der Waals surface area contributed by atoms with Crippen molar-refractivity contribution in [2.75, 3.05) is 36.6 Å². The maximum Gasteiger partial charge on any atom is 0.321 e. The van der Waals surface area contributed by atoms with Gasteiger partial charge < -0.3 is 25.4 Å². The summed E-state index contributed by atoms with van der Waals surface area (Å²) in [6.07, 6.45) is 1.45. The zero-order valence-corrected chi connectivity index (χ0v) is 18.3. The highest BCUT2D eigenvalue weighted by Gasteiger charge is 2.19. The van der Waals surface area contributed by atoms with E-state index in [9.17, 15) is 9.59 Å². The molecule has 0 saturated heterocycles. The summed E-state index contributed by atoms with van der Waals surface area (Å²) in [5.41, 5.74) is 1.45. The number of rotatable bonds is 8. The van der Waals surface area contributed by atoms with Crippen LogP contribution in [0.5, 0.6) is 11.5 Å². The lowest BCUT2D eigenvalue weighted by Crippen LogP contribution is -2.40. The van der Waals surface area contributed by atoms with Crippen LogP contribution in [0.15, 0.2) is 46.9 Å². The molecule has 1 heterocycles. The Morgan fingerprint density at radius 1 is 1.07 bits per heavy atom. The molecule has 4 amide bonds. The lowest BCUT2D eigenvalue weighted by Gasteiger charge is -2.23. The normalized spacial score (nSPS) is 11.7. The average molecular weight is 477 g/mol. The molecule has 3 N–H and O–H groups in total. The van der Waals surface area contributed by atoms with E-state index in [0.29, 0.717) is 36.8 Å². The van der Waals surface area contributed by atoms with Gasteiger partial charge in [0.2, 0.25) is 6.79 Å². The van der Waals surface area contributed by atoms with E-state index in [0.717, 1.165) is 23.0 Å². The molecule has 0 saturated carbocycles. The maximum absolute atomic E-state index is 12.5. The summed E-state index contributed by atoms with van der Waals surface area (Å²) in [6.45, 7) is 3.62. The Hall–Kier alpha value is -2.94. The van der Waals surface area contributed by atoms with Gasteiger partial charge in [-0.3, -0.25) is 4.90 Å².